The van der Waals surface area contributed by atoms with Crippen molar-refractivity contribution in [2.45, 2.75) is 13.8 Å². The molecule has 0 amide bonds. The van der Waals surface area contributed by atoms with Crippen LogP contribution >= 0.6 is 0 Å². The summed E-state index contributed by atoms with van der Waals surface area (Å²) in [5, 5.41) is 7.97. The Bertz CT molecular complexity index is 705. The van der Waals surface area contributed by atoms with Crippen LogP contribution in [0.15, 0.2) is 36.4 Å². The number of aromatic nitrogens is 2. The van der Waals surface area contributed by atoms with Gasteiger partial charge in [0.25, 0.3) is 0 Å². The summed E-state index contributed by atoms with van der Waals surface area (Å²) in [4.78, 5) is 0. The number of anilines is 1. The van der Waals surface area contributed by atoms with Crippen molar-refractivity contribution in [3.63, 3.8) is 0 Å². The fraction of sp³-hybridized carbons (Fsp3) is 0.133. The molecule has 90 valence electrons. The quantitative estimate of drug-likeness (QED) is 0.681. The molecule has 0 aliphatic rings. The number of aryl methyl sites for hydroxylation is 2. The van der Waals surface area contributed by atoms with Crippen molar-refractivity contribution in [1.82, 2.24) is 10.2 Å². The van der Waals surface area contributed by atoms with Crippen LogP contribution in [0.3, 0.4) is 0 Å². The monoisotopic (exact) mass is 237 g/mol. The average molecular weight is 237 g/mol. The summed E-state index contributed by atoms with van der Waals surface area (Å²) in [7, 11) is 0. The number of rotatable bonds is 1. The molecule has 0 unspecified atom stereocenters. The van der Waals surface area contributed by atoms with Gasteiger partial charge in [0.15, 0.2) is 5.82 Å². The van der Waals surface area contributed by atoms with Gasteiger partial charge in [0.2, 0.25) is 0 Å². The molecule has 1 aromatic heterocycles. The molecule has 3 aromatic rings. The first-order chi connectivity index (χ1) is 8.66. The van der Waals surface area contributed by atoms with Crippen LogP contribution in [0.4, 0.5) is 5.82 Å². The van der Waals surface area contributed by atoms with E-state index in [4.69, 9.17) is 5.73 Å². The molecule has 0 radical (unpaired) electrons. The molecule has 2 aromatic carbocycles. The first-order valence-electron chi connectivity index (χ1n) is 5.97. The molecule has 3 nitrogen and oxygen atoms in total. The molecule has 3 rings (SSSR count). The number of aromatic amines is 1. The summed E-state index contributed by atoms with van der Waals surface area (Å²) < 4.78 is 0. The maximum absolute atomic E-state index is 5.78. The number of nitrogens with zero attached hydrogens (tertiary/aromatic N) is 1. The van der Waals surface area contributed by atoms with Gasteiger partial charge in [-0.1, -0.05) is 24.3 Å². The van der Waals surface area contributed by atoms with Gasteiger partial charge >= 0.3 is 0 Å². The minimum absolute atomic E-state index is 0.554. The predicted molar refractivity (Wildman–Crippen MR) is 75.4 cm³/mol. The molecule has 0 aliphatic carbocycles. The maximum Gasteiger partial charge on any atom is 0.153 e. The number of nitrogens with one attached hydrogen (secondary N) is 1. The first kappa shape index (κ1) is 10.8. The molecule has 0 atom stereocenters. The molecule has 18 heavy (non-hydrogen) atoms. The highest BCUT2D eigenvalue weighted by Crippen LogP contribution is 2.30. The maximum atomic E-state index is 5.78. The van der Waals surface area contributed by atoms with Crippen molar-refractivity contribution in [3.05, 3.63) is 47.5 Å². The molecule has 0 saturated heterocycles. The molecular weight excluding hydrogens is 222 g/mol. The Hall–Kier alpha value is -2.29. The Balaban J connectivity index is 2.26. The summed E-state index contributed by atoms with van der Waals surface area (Å²) in [6.07, 6.45) is 0. The Morgan fingerprint density at radius 1 is 1.06 bits per heavy atom. The second-order valence-corrected chi connectivity index (χ2v) is 4.64. The fourth-order valence-electron chi connectivity index (χ4n) is 2.47. The van der Waals surface area contributed by atoms with Gasteiger partial charge in [0.1, 0.15) is 0 Å². The first-order valence-corrected chi connectivity index (χ1v) is 5.97. The summed E-state index contributed by atoms with van der Waals surface area (Å²) >= 11 is 0. The van der Waals surface area contributed by atoms with Crippen LogP contribution in [0.2, 0.25) is 0 Å². The normalized spacial score (nSPS) is 11.0. The predicted octanol–water partition coefficient (Wildman–Crippen LogP) is 3.43. The molecule has 3 heteroatoms. The molecule has 0 aliphatic heterocycles. The number of benzene rings is 2. The van der Waals surface area contributed by atoms with E-state index in [0.29, 0.717) is 5.82 Å². The zero-order valence-corrected chi connectivity index (χ0v) is 10.5. The molecule has 0 spiro atoms. The van der Waals surface area contributed by atoms with Gasteiger partial charge in [-0.2, -0.15) is 5.10 Å². The average Bonchev–Trinajstić information content (AvgIpc) is 2.71. The lowest BCUT2D eigenvalue weighted by atomic mass is 9.95. The number of hydrogen-bond acceptors (Lipinski definition) is 2. The number of nitrogen functional groups attached to an aromatic ring is 1. The van der Waals surface area contributed by atoms with E-state index in [0.717, 1.165) is 10.9 Å². The standard InChI is InChI=1S/C15H15N3/c1-9-4-3-5-10(2)14(9)11-6-7-12-13(8-11)17-18-15(12)16/h3-8H,1-2H3,(H3,16,17,18). The highest BCUT2D eigenvalue weighted by atomic mass is 15.1. The minimum atomic E-state index is 0.554. The van der Waals surface area contributed by atoms with Crippen LogP contribution < -0.4 is 5.73 Å². The highest BCUT2D eigenvalue weighted by molar-refractivity contribution is 5.92. The van der Waals surface area contributed by atoms with Crippen molar-refractivity contribution in [2.24, 2.45) is 0 Å². The summed E-state index contributed by atoms with van der Waals surface area (Å²) in [5.74, 6) is 0.554. The van der Waals surface area contributed by atoms with E-state index in [2.05, 4.69) is 54.4 Å². The van der Waals surface area contributed by atoms with Crippen LogP contribution in [0.25, 0.3) is 22.0 Å². The van der Waals surface area contributed by atoms with Gasteiger partial charge in [0.05, 0.1) is 5.52 Å². The number of H-pyrrole nitrogens is 1. The molecule has 0 saturated carbocycles. The number of hydrogen-bond donors (Lipinski definition) is 2. The van der Waals surface area contributed by atoms with Crippen molar-refractivity contribution in [3.8, 4) is 11.1 Å². The van der Waals surface area contributed by atoms with E-state index < -0.39 is 0 Å². The molecule has 1 heterocycles. The molecule has 3 N–H and O–H groups in total. The van der Waals surface area contributed by atoms with E-state index in [1.165, 1.54) is 22.3 Å². The van der Waals surface area contributed by atoms with Crippen LogP contribution in [0.1, 0.15) is 11.1 Å². The lowest BCUT2D eigenvalue weighted by molar-refractivity contribution is 1.13. The Morgan fingerprint density at radius 3 is 2.50 bits per heavy atom. The second-order valence-electron chi connectivity index (χ2n) is 4.64. The van der Waals surface area contributed by atoms with Crippen LogP contribution in [-0.2, 0) is 0 Å². The van der Waals surface area contributed by atoms with Crippen LogP contribution in [-0.4, -0.2) is 10.2 Å². The van der Waals surface area contributed by atoms with Crippen molar-refractivity contribution in [1.29, 1.82) is 0 Å². The van der Waals surface area contributed by atoms with Gasteiger partial charge in [-0.3, -0.25) is 5.10 Å². The lowest BCUT2D eigenvalue weighted by Gasteiger charge is -2.09. The smallest absolute Gasteiger partial charge is 0.153 e. The van der Waals surface area contributed by atoms with E-state index in [9.17, 15) is 0 Å². The van der Waals surface area contributed by atoms with Crippen molar-refractivity contribution < 1.29 is 0 Å². The van der Waals surface area contributed by atoms with Crippen molar-refractivity contribution in [2.75, 3.05) is 5.73 Å². The molecular formula is C15H15N3. The summed E-state index contributed by atoms with van der Waals surface area (Å²) in [6, 6.07) is 12.6. The number of fused-ring (bicyclic) bond motifs is 1. The van der Waals surface area contributed by atoms with E-state index in [1.54, 1.807) is 0 Å². The van der Waals surface area contributed by atoms with Gasteiger partial charge in [-0.15, -0.1) is 0 Å². The Labute approximate surface area is 106 Å². The van der Waals surface area contributed by atoms with Gasteiger partial charge in [0, 0.05) is 5.39 Å². The largest absolute Gasteiger partial charge is 0.382 e. The third-order valence-corrected chi connectivity index (χ3v) is 3.36. The highest BCUT2D eigenvalue weighted by Gasteiger charge is 2.08. The second kappa shape index (κ2) is 3.88. The van der Waals surface area contributed by atoms with Crippen molar-refractivity contribution >= 4 is 16.7 Å². The fourth-order valence-corrected chi connectivity index (χ4v) is 2.47. The topological polar surface area (TPSA) is 54.7 Å². The van der Waals surface area contributed by atoms with E-state index in [-0.39, 0.29) is 0 Å². The third kappa shape index (κ3) is 1.56. The molecule has 0 fully saturated rings. The SMILES string of the molecule is Cc1cccc(C)c1-c1ccc2c(N)n[nH]c2c1. The van der Waals surface area contributed by atoms with E-state index in [1.807, 2.05) is 6.07 Å². The Kier molecular flexibility index (Phi) is 2.33. The zero-order valence-electron chi connectivity index (χ0n) is 10.5. The van der Waals surface area contributed by atoms with Crippen LogP contribution in [0, 0.1) is 13.8 Å². The Morgan fingerprint density at radius 2 is 1.78 bits per heavy atom. The lowest BCUT2D eigenvalue weighted by Crippen LogP contribution is -1.88. The van der Waals surface area contributed by atoms with Gasteiger partial charge in [-0.05, 0) is 48.2 Å². The minimum Gasteiger partial charge on any atom is -0.382 e. The zero-order chi connectivity index (χ0) is 12.7. The molecule has 0 bridgehead atoms. The van der Waals surface area contributed by atoms with E-state index >= 15 is 0 Å². The number of nitrogens with two attached hydrogens (primary N) is 1. The summed E-state index contributed by atoms with van der Waals surface area (Å²) in [6.45, 7) is 4.27. The van der Waals surface area contributed by atoms with Crippen LogP contribution in [0.5, 0.6) is 0 Å². The third-order valence-electron chi connectivity index (χ3n) is 3.36. The van der Waals surface area contributed by atoms with Gasteiger partial charge in [-0.25, -0.2) is 0 Å². The summed E-state index contributed by atoms with van der Waals surface area (Å²) in [5.41, 5.74) is 11.8. The van der Waals surface area contributed by atoms with Gasteiger partial charge < -0.3 is 5.73 Å².